The first-order valence-electron chi connectivity index (χ1n) is 8.02. The van der Waals surface area contributed by atoms with Crippen molar-refractivity contribution in [1.82, 2.24) is 10.2 Å². The van der Waals surface area contributed by atoms with E-state index in [0.717, 1.165) is 11.1 Å². The molecule has 0 amide bonds. The summed E-state index contributed by atoms with van der Waals surface area (Å²) in [5, 5.41) is 4.70. The third-order valence-electron chi connectivity index (χ3n) is 4.57. The first-order valence-corrected chi connectivity index (χ1v) is 8.39. The van der Waals surface area contributed by atoms with Crippen LogP contribution >= 0.6 is 11.6 Å². The Balaban J connectivity index is 1.60. The number of nitrogens with one attached hydrogen (secondary N) is 1. The van der Waals surface area contributed by atoms with Gasteiger partial charge in [-0.2, -0.15) is 0 Å². The van der Waals surface area contributed by atoms with Crippen LogP contribution in [0.15, 0.2) is 24.3 Å². The van der Waals surface area contributed by atoms with Crippen LogP contribution in [0.5, 0.6) is 0 Å². The number of likely N-dealkylation sites (tertiary alicyclic amines) is 1. The predicted octanol–water partition coefficient (Wildman–Crippen LogP) is 4.01. The van der Waals surface area contributed by atoms with E-state index in [-0.39, 0.29) is 0 Å². The minimum absolute atomic E-state index is 0.474. The molecule has 1 aliphatic carbocycles. The van der Waals surface area contributed by atoms with E-state index in [1.54, 1.807) is 0 Å². The second-order valence-electron chi connectivity index (χ2n) is 6.27. The van der Waals surface area contributed by atoms with Gasteiger partial charge in [0.15, 0.2) is 0 Å². The molecule has 2 nitrogen and oxygen atoms in total. The Morgan fingerprint density at radius 1 is 1.25 bits per heavy atom. The van der Waals surface area contributed by atoms with Crippen molar-refractivity contribution < 1.29 is 0 Å². The van der Waals surface area contributed by atoms with Gasteiger partial charge in [-0.3, -0.25) is 4.90 Å². The lowest BCUT2D eigenvalue weighted by atomic mass is 10.0. The molecule has 110 valence electrons. The van der Waals surface area contributed by atoms with Crippen molar-refractivity contribution in [2.75, 3.05) is 13.1 Å². The maximum Gasteiger partial charge on any atom is 0.0406 e. The summed E-state index contributed by atoms with van der Waals surface area (Å²) >= 11 is 6.00. The lowest BCUT2D eigenvalue weighted by molar-refractivity contribution is 0.310. The zero-order valence-electron chi connectivity index (χ0n) is 12.3. The Labute approximate surface area is 127 Å². The molecule has 1 saturated carbocycles. The molecule has 0 radical (unpaired) electrons. The number of hydrogen-bond donors (Lipinski definition) is 1. The summed E-state index contributed by atoms with van der Waals surface area (Å²) in [6.07, 6.45) is 6.54. The molecule has 2 atom stereocenters. The fraction of sp³-hybridized carbons (Fsp3) is 0.647. The Hall–Kier alpha value is -0.570. The average Bonchev–Trinajstić information content (AvgIpc) is 3.20. The second-order valence-corrected chi connectivity index (χ2v) is 6.71. The third-order valence-corrected chi connectivity index (χ3v) is 4.82. The molecule has 2 fully saturated rings. The summed E-state index contributed by atoms with van der Waals surface area (Å²) in [4.78, 5) is 2.67. The van der Waals surface area contributed by atoms with Gasteiger partial charge in [-0.15, -0.1) is 0 Å². The van der Waals surface area contributed by atoms with Crippen molar-refractivity contribution >= 4 is 11.6 Å². The molecule has 0 bridgehead atoms. The molecular formula is C17H25ClN2. The summed E-state index contributed by atoms with van der Waals surface area (Å²) in [5.74, 6) is 0. The molecule has 3 rings (SSSR count). The standard InChI is InChI=1S/C17H25ClN2/c1-2-3-17(13-4-6-14(18)7-5-13)19-15-10-11-20(12-15)16-8-9-16/h4-7,15-17,19H,2-3,8-12H2,1H3. The van der Waals surface area contributed by atoms with Gasteiger partial charge in [0.2, 0.25) is 0 Å². The van der Waals surface area contributed by atoms with Crippen LogP contribution in [-0.4, -0.2) is 30.1 Å². The topological polar surface area (TPSA) is 15.3 Å². The largest absolute Gasteiger partial charge is 0.306 e. The zero-order chi connectivity index (χ0) is 13.9. The van der Waals surface area contributed by atoms with Crippen molar-refractivity contribution in [3.05, 3.63) is 34.9 Å². The van der Waals surface area contributed by atoms with E-state index in [2.05, 4.69) is 29.3 Å². The van der Waals surface area contributed by atoms with Crippen LogP contribution in [-0.2, 0) is 0 Å². The van der Waals surface area contributed by atoms with E-state index in [1.807, 2.05) is 12.1 Å². The van der Waals surface area contributed by atoms with Crippen molar-refractivity contribution in [1.29, 1.82) is 0 Å². The number of halogens is 1. The fourth-order valence-electron chi connectivity index (χ4n) is 3.31. The van der Waals surface area contributed by atoms with Gasteiger partial charge in [0.05, 0.1) is 0 Å². The van der Waals surface area contributed by atoms with Crippen molar-refractivity contribution in [2.45, 2.75) is 57.2 Å². The highest BCUT2D eigenvalue weighted by Gasteiger charge is 2.34. The third kappa shape index (κ3) is 3.55. The first kappa shape index (κ1) is 14.4. The second kappa shape index (κ2) is 6.46. The summed E-state index contributed by atoms with van der Waals surface area (Å²) in [6, 6.07) is 10.4. The van der Waals surface area contributed by atoms with E-state index in [9.17, 15) is 0 Å². The summed E-state index contributed by atoms with van der Waals surface area (Å²) in [6.45, 7) is 4.77. The van der Waals surface area contributed by atoms with E-state index < -0.39 is 0 Å². The highest BCUT2D eigenvalue weighted by molar-refractivity contribution is 6.30. The molecule has 0 aromatic heterocycles. The normalized spacial score (nSPS) is 25.0. The van der Waals surface area contributed by atoms with Crippen LogP contribution in [0.1, 0.15) is 50.6 Å². The fourth-order valence-corrected chi connectivity index (χ4v) is 3.44. The Bertz CT molecular complexity index is 427. The van der Waals surface area contributed by atoms with Gasteiger partial charge in [-0.1, -0.05) is 37.1 Å². The summed E-state index contributed by atoms with van der Waals surface area (Å²) in [5.41, 5.74) is 1.38. The zero-order valence-corrected chi connectivity index (χ0v) is 13.1. The quantitative estimate of drug-likeness (QED) is 0.852. The smallest absolute Gasteiger partial charge is 0.0406 e. The lowest BCUT2D eigenvalue weighted by Crippen LogP contribution is -2.36. The van der Waals surface area contributed by atoms with Gasteiger partial charge >= 0.3 is 0 Å². The molecule has 3 heteroatoms. The van der Waals surface area contributed by atoms with Crippen LogP contribution in [0, 0.1) is 0 Å². The minimum atomic E-state index is 0.474. The van der Waals surface area contributed by atoms with Crippen LogP contribution in [0.25, 0.3) is 0 Å². The molecule has 2 aliphatic rings. The van der Waals surface area contributed by atoms with Crippen molar-refractivity contribution in [2.24, 2.45) is 0 Å². The van der Waals surface area contributed by atoms with Crippen LogP contribution in [0.4, 0.5) is 0 Å². The van der Waals surface area contributed by atoms with Crippen LogP contribution in [0.3, 0.4) is 0 Å². The molecule has 1 aromatic carbocycles. The van der Waals surface area contributed by atoms with E-state index in [4.69, 9.17) is 11.6 Å². The van der Waals surface area contributed by atoms with E-state index in [0.29, 0.717) is 12.1 Å². The maximum atomic E-state index is 6.00. The van der Waals surface area contributed by atoms with Gasteiger partial charge in [0.25, 0.3) is 0 Å². The lowest BCUT2D eigenvalue weighted by Gasteiger charge is -2.24. The van der Waals surface area contributed by atoms with Crippen molar-refractivity contribution in [3.63, 3.8) is 0 Å². The molecule has 1 heterocycles. The molecule has 2 unspecified atom stereocenters. The number of nitrogens with zero attached hydrogens (tertiary/aromatic N) is 1. The van der Waals surface area contributed by atoms with E-state index in [1.165, 1.54) is 50.8 Å². The van der Waals surface area contributed by atoms with Crippen molar-refractivity contribution in [3.8, 4) is 0 Å². The predicted molar refractivity (Wildman–Crippen MR) is 85.2 cm³/mol. The van der Waals surface area contributed by atoms with Crippen LogP contribution < -0.4 is 5.32 Å². The molecule has 1 N–H and O–H groups in total. The SMILES string of the molecule is CCCC(NC1CCN(C2CC2)C1)c1ccc(Cl)cc1. The van der Waals surface area contributed by atoms with Crippen LogP contribution in [0.2, 0.25) is 5.02 Å². The molecule has 1 aromatic rings. The summed E-state index contributed by atoms with van der Waals surface area (Å²) < 4.78 is 0. The number of hydrogen-bond acceptors (Lipinski definition) is 2. The summed E-state index contributed by atoms with van der Waals surface area (Å²) in [7, 11) is 0. The van der Waals surface area contributed by atoms with Gasteiger partial charge in [0.1, 0.15) is 0 Å². The van der Waals surface area contributed by atoms with Gasteiger partial charge in [-0.25, -0.2) is 0 Å². The highest BCUT2D eigenvalue weighted by atomic mass is 35.5. The van der Waals surface area contributed by atoms with Gasteiger partial charge in [0, 0.05) is 36.2 Å². The number of benzene rings is 1. The van der Waals surface area contributed by atoms with Gasteiger partial charge in [-0.05, 0) is 43.4 Å². The Kier molecular flexibility index (Phi) is 4.65. The molecule has 1 saturated heterocycles. The minimum Gasteiger partial charge on any atom is -0.306 e. The highest BCUT2D eigenvalue weighted by Crippen LogP contribution is 2.31. The van der Waals surface area contributed by atoms with E-state index >= 15 is 0 Å². The monoisotopic (exact) mass is 292 g/mol. The molecule has 20 heavy (non-hydrogen) atoms. The molecule has 0 spiro atoms. The Morgan fingerprint density at radius 2 is 2.00 bits per heavy atom. The Morgan fingerprint density at radius 3 is 2.65 bits per heavy atom. The number of rotatable bonds is 6. The van der Waals surface area contributed by atoms with Gasteiger partial charge < -0.3 is 5.32 Å². The maximum absolute atomic E-state index is 6.00. The average molecular weight is 293 g/mol. The molecule has 1 aliphatic heterocycles. The first-order chi connectivity index (χ1) is 9.76. The molecular weight excluding hydrogens is 268 g/mol.